The summed E-state index contributed by atoms with van der Waals surface area (Å²) in [5.41, 5.74) is 5.54. The summed E-state index contributed by atoms with van der Waals surface area (Å²) in [5.74, 6) is -1.45. The van der Waals surface area contributed by atoms with Crippen molar-refractivity contribution in [1.29, 1.82) is 0 Å². The van der Waals surface area contributed by atoms with Crippen LogP contribution in [0.3, 0.4) is 0 Å². The second kappa shape index (κ2) is 7.97. The molecule has 3 aromatic rings. The maximum absolute atomic E-state index is 13.1. The van der Waals surface area contributed by atoms with Crippen LogP contribution in [0.15, 0.2) is 23.4 Å². The first-order valence-corrected chi connectivity index (χ1v) is 9.94. The average Bonchev–Trinajstić information content (AvgIpc) is 3.20. The molecule has 0 aromatic carbocycles. The lowest BCUT2D eigenvalue weighted by molar-refractivity contribution is -0.145. The monoisotopic (exact) mass is 449 g/mol. The highest BCUT2D eigenvalue weighted by molar-refractivity contribution is 8.00. The molecule has 3 aromatic heterocycles. The summed E-state index contributed by atoms with van der Waals surface area (Å²) in [6.07, 6.45) is -1.13. The van der Waals surface area contributed by atoms with E-state index in [1.807, 2.05) is 0 Å². The van der Waals surface area contributed by atoms with Gasteiger partial charge in [0.15, 0.2) is 11.4 Å². The Hall–Kier alpha value is -1.69. The number of carbonyl (C=O) groups is 1. The number of Topliss-reactive ketones (excluding diaryl/α,β-unsaturated/α-hetero) is 1. The number of nitrogens with zero attached hydrogens (tertiary/aromatic N) is 4. The number of ketones is 1. The first kappa shape index (κ1) is 21.0. The van der Waals surface area contributed by atoms with Crippen molar-refractivity contribution >= 4 is 52.3 Å². The molecule has 28 heavy (non-hydrogen) atoms. The fourth-order valence-electron chi connectivity index (χ4n) is 2.50. The van der Waals surface area contributed by atoms with Crippen LogP contribution in [0.1, 0.15) is 39.3 Å². The molecular weight excluding hydrogens is 435 g/mol. The van der Waals surface area contributed by atoms with E-state index in [0.29, 0.717) is 16.8 Å². The summed E-state index contributed by atoms with van der Waals surface area (Å²) in [7, 11) is 0. The van der Waals surface area contributed by atoms with E-state index in [9.17, 15) is 18.0 Å². The van der Waals surface area contributed by atoms with Crippen LogP contribution in [0.2, 0.25) is 0 Å². The minimum Gasteiger partial charge on any atom is -0.326 e. The molecule has 6 nitrogen and oxygen atoms in total. The smallest absolute Gasteiger partial charge is 0.326 e. The Morgan fingerprint density at radius 2 is 2.07 bits per heavy atom. The second-order valence-electron chi connectivity index (χ2n) is 6.11. The summed E-state index contributed by atoms with van der Waals surface area (Å²) in [6.45, 7) is 0.340. The number of fused-ring (bicyclic) bond motifs is 1. The van der Waals surface area contributed by atoms with E-state index < -0.39 is 12.0 Å². The van der Waals surface area contributed by atoms with Gasteiger partial charge in [-0.3, -0.25) is 9.48 Å². The van der Waals surface area contributed by atoms with Crippen LogP contribution in [0.5, 0.6) is 0 Å². The van der Waals surface area contributed by atoms with Crippen molar-refractivity contribution in [2.75, 3.05) is 5.75 Å². The first-order chi connectivity index (χ1) is 12.8. The predicted molar refractivity (Wildman–Crippen MR) is 103 cm³/mol. The van der Waals surface area contributed by atoms with Crippen molar-refractivity contribution in [3.8, 4) is 0 Å². The maximum atomic E-state index is 13.1. The molecule has 0 saturated heterocycles. The highest BCUT2D eigenvalue weighted by Gasteiger charge is 2.36. The molecule has 3 heterocycles. The number of thioether (sulfide) groups is 1. The van der Waals surface area contributed by atoms with Gasteiger partial charge in [-0.1, -0.05) is 11.8 Å². The van der Waals surface area contributed by atoms with Gasteiger partial charge in [-0.2, -0.15) is 18.3 Å². The fourth-order valence-corrected chi connectivity index (χ4v) is 4.29. The van der Waals surface area contributed by atoms with Gasteiger partial charge < -0.3 is 5.73 Å². The standard InChI is InChI=1S/C16H14F3N5OS2.ClH/c17-16(18,19)15-21-13-10(6-24(23-13)8-1-2-8)14(22-15)26-7-11(25)12-4-3-9(5-20)27-12;/h3-4,6,8H,1-2,5,7,20H2;1H. The minimum atomic E-state index is -4.68. The van der Waals surface area contributed by atoms with Gasteiger partial charge in [0, 0.05) is 17.6 Å². The van der Waals surface area contributed by atoms with E-state index in [1.54, 1.807) is 23.0 Å². The molecule has 0 amide bonds. The van der Waals surface area contributed by atoms with Crippen molar-refractivity contribution in [3.63, 3.8) is 0 Å². The van der Waals surface area contributed by atoms with Gasteiger partial charge in [0.2, 0.25) is 5.82 Å². The molecule has 12 heteroatoms. The number of rotatable bonds is 6. The van der Waals surface area contributed by atoms with Crippen molar-refractivity contribution in [2.45, 2.75) is 36.6 Å². The highest BCUT2D eigenvalue weighted by atomic mass is 35.5. The van der Waals surface area contributed by atoms with E-state index in [2.05, 4.69) is 15.1 Å². The van der Waals surface area contributed by atoms with Gasteiger partial charge in [0.25, 0.3) is 0 Å². The van der Waals surface area contributed by atoms with Crippen LogP contribution in [-0.4, -0.2) is 31.3 Å². The van der Waals surface area contributed by atoms with E-state index in [4.69, 9.17) is 5.73 Å². The zero-order valence-electron chi connectivity index (χ0n) is 14.3. The number of carbonyl (C=O) groups excluding carboxylic acids is 1. The van der Waals surface area contributed by atoms with Crippen LogP contribution >= 0.6 is 35.5 Å². The maximum Gasteiger partial charge on any atom is 0.451 e. The topological polar surface area (TPSA) is 86.7 Å². The number of thiophene rings is 1. The summed E-state index contributed by atoms with van der Waals surface area (Å²) < 4.78 is 41.0. The Morgan fingerprint density at radius 1 is 1.32 bits per heavy atom. The van der Waals surface area contributed by atoms with Gasteiger partial charge in [0.1, 0.15) is 5.03 Å². The minimum absolute atomic E-state index is 0. The summed E-state index contributed by atoms with van der Waals surface area (Å²) in [6, 6.07) is 3.65. The Kier molecular flexibility index (Phi) is 5.99. The molecule has 0 atom stereocenters. The number of halogens is 4. The number of alkyl halides is 3. The third-order valence-electron chi connectivity index (χ3n) is 4.01. The summed E-state index contributed by atoms with van der Waals surface area (Å²) >= 11 is 2.25. The van der Waals surface area contributed by atoms with Crippen LogP contribution in [0.4, 0.5) is 13.2 Å². The van der Waals surface area contributed by atoms with Gasteiger partial charge >= 0.3 is 6.18 Å². The lowest BCUT2D eigenvalue weighted by Gasteiger charge is -2.07. The molecule has 1 aliphatic rings. The molecule has 150 valence electrons. The summed E-state index contributed by atoms with van der Waals surface area (Å²) in [5, 5.41) is 4.71. The number of hydrogen-bond acceptors (Lipinski definition) is 7. The molecule has 0 aliphatic heterocycles. The normalized spacial score (nSPS) is 14.3. The Balaban J connectivity index is 0.00000225. The van der Waals surface area contributed by atoms with Crippen molar-refractivity contribution in [1.82, 2.24) is 19.7 Å². The quantitative estimate of drug-likeness (QED) is 0.346. The fraction of sp³-hybridized carbons (Fsp3) is 0.375. The third-order valence-corrected chi connectivity index (χ3v) is 6.15. The van der Waals surface area contributed by atoms with Crippen molar-refractivity contribution in [2.24, 2.45) is 5.73 Å². The van der Waals surface area contributed by atoms with Crippen molar-refractivity contribution in [3.05, 3.63) is 33.9 Å². The molecule has 1 saturated carbocycles. The van der Waals surface area contributed by atoms with Crippen LogP contribution in [-0.2, 0) is 12.7 Å². The zero-order chi connectivity index (χ0) is 19.2. The van der Waals surface area contributed by atoms with Gasteiger partial charge in [-0.25, -0.2) is 9.97 Å². The lowest BCUT2D eigenvalue weighted by atomic mass is 10.3. The highest BCUT2D eigenvalue weighted by Crippen LogP contribution is 2.37. The zero-order valence-corrected chi connectivity index (χ0v) is 16.7. The number of aromatic nitrogens is 4. The Labute approximate surface area is 172 Å². The largest absolute Gasteiger partial charge is 0.451 e. The molecule has 4 rings (SSSR count). The second-order valence-corrected chi connectivity index (χ2v) is 8.24. The number of hydrogen-bond donors (Lipinski definition) is 1. The van der Waals surface area contributed by atoms with E-state index >= 15 is 0 Å². The van der Waals surface area contributed by atoms with Crippen LogP contribution in [0.25, 0.3) is 11.0 Å². The lowest BCUT2D eigenvalue weighted by Crippen LogP contribution is -2.12. The molecule has 0 radical (unpaired) electrons. The van der Waals surface area contributed by atoms with Crippen LogP contribution < -0.4 is 5.73 Å². The molecule has 0 bridgehead atoms. The molecular formula is C16H15ClF3N5OS2. The Morgan fingerprint density at radius 3 is 2.68 bits per heavy atom. The van der Waals surface area contributed by atoms with Gasteiger partial charge in [-0.05, 0) is 25.0 Å². The van der Waals surface area contributed by atoms with Gasteiger partial charge in [0.05, 0.1) is 22.1 Å². The van der Waals surface area contributed by atoms with Crippen LogP contribution in [0, 0.1) is 0 Å². The van der Waals surface area contributed by atoms with Crippen molar-refractivity contribution < 1.29 is 18.0 Å². The van der Waals surface area contributed by atoms with E-state index in [-0.39, 0.29) is 40.7 Å². The Bertz CT molecular complexity index is 1020. The third kappa shape index (κ3) is 4.32. The van der Waals surface area contributed by atoms with Gasteiger partial charge in [-0.15, -0.1) is 23.7 Å². The molecule has 1 aliphatic carbocycles. The molecule has 0 spiro atoms. The predicted octanol–water partition coefficient (Wildman–Crippen LogP) is 4.10. The SMILES string of the molecule is Cl.NCc1ccc(C(=O)CSc2nc(C(F)(F)F)nc3nn(C4CC4)cc23)s1. The molecule has 0 unspecified atom stereocenters. The molecule has 2 N–H and O–H groups in total. The number of nitrogens with two attached hydrogens (primary N) is 1. The first-order valence-electron chi connectivity index (χ1n) is 8.14. The average molecular weight is 450 g/mol. The summed E-state index contributed by atoms with van der Waals surface area (Å²) in [4.78, 5) is 21.0. The van der Waals surface area contributed by atoms with E-state index in [1.165, 1.54) is 11.3 Å². The van der Waals surface area contributed by atoms with E-state index in [0.717, 1.165) is 29.5 Å². The molecule has 1 fully saturated rings.